The Kier molecular flexibility index (Phi) is 6.33. The van der Waals surface area contributed by atoms with Gasteiger partial charge in [0.2, 0.25) is 0 Å². The minimum atomic E-state index is 0.462. The van der Waals surface area contributed by atoms with Crippen LogP contribution >= 0.6 is 11.6 Å². The fourth-order valence-electron chi connectivity index (χ4n) is 3.24. The van der Waals surface area contributed by atoms with Crippen LogP contribution < -0.4 is 5.32 Å². The summed E-state index contributed by atoms with van der Waals surface area (Å²) in [6.45, 7) is 4.62. The summed E-state index contributed by atoms with van der Waals surface area (Å²) in [5.41, 5.74) is 1.19. The van der Waals surface area contributed by atoms with Crippen LogP contribution in [0.5, 0.6) is 0 Å². The van der Waals surface area contributed by atoms with Gasteiger partial charge in [0.25, 0.3) is 0 Å². The second-order valence-corrected chi connectivity index (χ2v) is 5.91. The molecule has 1 fully saturated rings. The Morgan fingerprint density at radius 1 is 1.40 bits per heavy atom. The molecular formula is C15H26ClN3O. The van der Waals surface area contributed by atoms with Gasteiger partial charge in [-0.3, -0.25) is 4.68 Å². The van der Waals surface area contributed by atoms with E-state index in [1.807, 2.05) is 4.68 Å². The molecule has 0 radical (unpaired) electrons. The highest BCUT2D eigenvalue weighted by Crippen LogP contribution is 2.35. The predicted molar refractivity (Wildman–Crippen MR) is 82.4 cm³/mol. The van der Waals surface area contributed by atoms with Crippen LogP contribution in [0.4, 0.5) is 0 Å². The van der Waals surface area contributed by atoms with Crippen molar-refractivity contribution in [2.45, 2.75) is 57.5 Å². The Balaban J connectivity index is 2.23. The van der Waals surface area contributed by atoms with Crippen molar-refractivity contribution in [2.75, 3.05) is 20.3 Å². The molecule has 2 unspecified atom stereocenters. The normalized spacial score (nSPS) is 23.8. The highest BCUT2D eigenvalue weighted by molar-refractivity contribution is 6.31. The van der Waals surface area contributed by atoms with E-state index in [0.29, 0.717) is 18.6 Å². The molecule has 1 aliphatic carbocycles. The maximum atomic E-state index is 6.42. The van der Waals surface area contributed by atoms with Crippen LogP contribution in [0.15, 0.2) is 6.20 Å². The molecule has 20 heavy (non-hydrogen) atoms. The van der Waals surface area contributed by atoms with Crippen molar-refractivity contribution in [1.29, 1.82) is 0 Å². The van der Waals surface area contributed by atoms with Crippen molar-refractivity contribution in [3.63, 3.8) is 0 Å². The number of halogens is 1. The van der Waals surface area contributed by atoms with Crippen LogP contribution in [0.3, 0.4) is 0 Å². The van der Waals surface area contributed by atoms with Gasteiger partial charge in [-0.2, -0.15) is 5.10 Å². The van der Waals surface area contributed by atoms with Crippen molar-refractivity contribution in [3.05, 3.63) is 16.9 Å². The van der Waals surface area contributed by atoms with Gasteiger partial charge in [-0.1, -0.05) is 37.8 Å². The van der Waals surface area contributed by atoms with Crippen molar-refractivity contribution >= 4 is 11.6 Å². The van der Waals surface area contributed by atoms with Gasteiger partial charge >= 0.3 is 0 Å². The first-order valence-electron chi connectivity index (χ1n) is 7.71. The quantitative estimate of drug-likeness (QED) is 0.820. The second-order valence-electron chi connectivity index (χ2n) is 5.50. The standard InChI is InChI=1S/C15H26ClN3O/c1-3-17-14-8-6-4-5-7-12(14)15-13(16)11-18-19(15)9-10-20-2/h11-12,14,17H,3-10H2,1-2H3. The van der Waals surface area contributed by atoms with Crippen molar-refractivity contribution < 1.29 is 4.74 Å². The van der Waals surface area contributed by atoms with Gasteiger partial charge in [0.15, 0.2) is 0 Å². The van der Waals surface area contributed by atoms with Crippen LogP contribution in [0, 0.1) is 0 Å². The van der Waals surface area contributed by atoms with Gasteiger partial charge in [0.05, 0.1) is 30.1 Å². The Hall–Kier alpha value is -0.580. The number of likely N-dealkylation sites (N-methyl/N-ethyl adjacent to an activating group) is 1. The highest BCUT2D eigenvalue weighted by atomic mass is 35.5. The Morgan fingerprint density at radius 2 is 2.20 bits per heavy atom. The van der Waals surface area contributed by atoms with Gasteiger partial charge in [-0.05, 0) is 19.4 Å². The molecule has 0 amide bonds. The lowest BCUT2D eigenvalue weighted by Crippen LogP contribution is -2.35. The van der Waals surface area contributed by atoms with Crippen LogP contribution in [-0.4, -0.2) is 36.1 Å². The maximum Gasteiger partial charge on any atom is 0.0821 e. The summed E-state index contributed by atoms with van der Waals surface area (Å²) in [6.07, 6.45) is 8.10. The molecule has 1 heterocycles. The summed E-state index contributed by atoms with van der Waals surface area (Å²) in [7, 11) is 1.72. The van der Waals surface area contributed by atoms with E-state index >= 15 is 0 Å². The third-order valence-corrected chi connectivity index (χ3v) is 4.47. The van der Waals surface area contributed by atoms with Gasteiger partial charge in [-0.15, -0.1) is 0 Å². The number of hydrogen-bond acceptors (Lipinski definition) is 3. The summed E-state index contributed by atoms with van der Waals surface area (Å²) in [6, 6.07) is 0.512. The third kappa shape index (κ3) is 3.74. The van der Waals surface area contributed by atoms with Crippen LogP contribution in [0.25, 0.3) is 0 Å². The number of rotatable bonds is 6. The minimum absolute atomic E-state index is 0.462. The molecule has 2 rings (SSSR count). The fourth-order valence-corrected chi connectivity index (χ4v) is 3.52. The van der Waals surface area contributed by atoms with Crippen LogP contribution in [0.1, 0.15) is 50.6 Å². The first kappa shape index (κ1) is 15.8. The Bertz CT molecular complexity index is 408. The number of hydrogen-bond donors (Lipinski definition) is 1. The summed E-state index contributed by atoms with van der Waals surface area (Å²) in [5.74, 6) is 0.462. The van der Waals surface area contributed by atoms with E-state index in [9.17, 15) is 0 Å². The predicted octanol–water partition coefficient (Wildman–Crippen LogP) is 3.21. The lowest BCUT2D eigenvalue weighted by atomic mass is 9.91. The zero-order valence-corrected chi connectivity index (χ0v) is 13.3. The molecule has 114 valence electrons. The van der Waals surface area contributed by atoms with E-state index in [0.717, 1.165) is 18.1 Å². The second kappa shape index (κ2) is 8.01. The Labute approximate surface area is 126 Å². The average molecular weight is 300 g/mol. The van der Waals surface area contributed by atoms with Crippen LogP contribution in [0.2, 0.25) is 5.02 Å². The number of nitrogens with one attached hydrogen (secondary N) is 1. The SMILES string of the molecule is CCNC1CCCCCC1c1c(Cl)cnn1CCOC. The van der Waals surface area contributed by atoms with E-state index in [1.54, 1.807) is 13.3 Å². The molecule has 1 N–H and O–H groups in total. The van der Waals surface area contributed by atoms with Gasteiger partial charge in [0.1, 0.15) is 0 Å². The number of ether oxygens (including phenoxy) is 1. The Morgan fingerprint density at radius 3 is 2.95 bits per heavy atom. The lowest BCUT2D eigenvalue weighted by Gasteiger charge is -2.27. The topological polar surface area (TPSA) is 39.1 Å². The summed E-state index contributed by atoms with van der Waals surface area (Å²) >= 11 is 6.42. The molecule has 1 saturated carbocycles. The first-order valence-corrected chi connectivity index (χ1v) is 8.09. The monoisotopic (exact) mass is 299 g/mol. The van der Waals surface area contributed by atoms with E-state index in [1.165, 1.54) is 37.8 Å². The van der Waals surface area contributed by atoms with E-state index in [4.69, 9.17) is 16.3 Å². The zero-order valence-electron chi connectivity index (χ0n) is 12.6. The molecule has 0 aliphatic heterocycles. The number of nitrogens with zero attached hydrogens (tertiary/aromatic N) is 2. The van der Waals surface area contributed by atoms with Crippen molar-refractivity contribution in [3.8, 4) is 0 Å². The molecular weight excluding hydrogens is 274 g/mol. The van der Waals surface area contributed by atoms with Gasteiger partial charge in [-0.25, -0.2) is 0 Å². The van der Waals surface area contributed by atoms with E-state index in [-0.39, 0.29) is 0 Å². The maximum absolute atomic E-state index is 6.42. The molecule has 4 nitrogen and oxygen atoms in total. The van der Waals surface area contributed by atoms with Gasteiger partial charge in [0, 0.05) is 19.1 Å². The molecule has 0 saturated heterocycles. The molecule has 0 bridgehead atoms. The van der Waals surface area contributed by atoms with Crippen molar-refractivity contribution in [2.24, 2.45) is 0 Å². The molecule has 5 heteroatoms. The zero-order chi connectivity index (χ0) is 14.4. The lowest BCUT2D eigenvalue weighted by molar-refractivity contribution is 0.181. The largest absolute Gasteiger partial charge is 0.383 e. The molecule has 1 aromatic rings. The van der Waals surface area contributed by atoms with E-state index in [2.05, 4.69) is 17.3 Å². The molecule has 2 atom stereocenters. The van der Waals surface area contributed by atoms with Gasteiger partial charge < -0.3 is 10.1 Å². The first-order chi connectivity index (χ1) is 9.77. The van der Waals surface area contributed by atoms with E-state index < -0.39 is 0 Å². The average Bonchev–Trinajstić information content (AvgIpc) is 2.66. The van der Waals surface area contributed by atoms with Crippen LogP contribution in [-0.2, 0) is 11.3 Å². The molecule has 1 aliphatic rings. The third-order valence-electron chi connectivity index (χ3n) is 4.17. The molecule has 1 aromatic heterocycles. The fraction of sp³-hybridized carbons (Fsp3) is 0.800. The molecule has 0 spiro atoms. The smallest absolute Gasteiger partial charge is 0.0821 e. The minimum Gasteiger partial charge on any atom is -0.383 e. The van der Waals surface area contributed by atoms with Crippen molar-refractivity contribution in [1.82, 2.24) is 15.1 Å². The number of aromatic nitrogens is 2. The summed E-state index contributed by atoms with van der Waals surface area (Å²) < 4.78 is 7.21. The highest BCUT2D eigenvalue weighted by Gasteiger charge is 2.29. The number of methoxy groups -OCH3 is 1. The summed E-state index contributed by atoms with van der Waals surface area (Å²) in [5, 5.41) is 8.87. The summed E-state index contributed by atoms with van der Waals surface area (Å²) in [4.78, 5) is 0. The molecule has 0 aromatic carbocycles.